The highest BCUT2D eigenvalue weighted by molar-refractivity contribution is 5.85. The Balaban J connectivity index is 0.00000264. The van der Waals surface area contributed by atoms with E-state index in [1.165, 1.54) is 12.4 Å². The summed E-state index contributed by atoms with van der Waals surface area (Å²) in [6, 6.07) is 4.21. The van der Waals surface area contributed by atoms with Crippen LogP contribution in [0.4, 0.5) is 4.39 Å². The number of hydrogen-bond donors (Lipinski definition) is 2. The number of amides is 1. The molecule has 1 aromatic carbocycles. The second kappa shape index (κ2) is 9.01. The van der Waals surface area contributed by atoms with E-state index in [4.69, 9.17) is 5.73 Å². The van der Waals surface area contributed by atoms with Crippen molar-refractivity contribution in [3.05, 3.63) is 48.3 Å². The molecule has 0 spiro atoms. The van der Waals surface area contributed by atoms with Gasteiger partial charge in [-0.2, -0.15) is 0 Å². The van der Waals surface area contributed by atoms with Crippen molar-refractivity contribution >= 4 is 30.7 Å². The van der Waals surface area contributed by atoms with Crippen LogP contribution in [0.3, 0.4) is 0 Å². The van der Waals surface area contributed by atoms with Gasteiger partial charge in [-0.05, 0) is 23.1 Å². The van der Waals surface area contributed by atoms with Gasteiger partial charge in [0.2, 0.25) is 5.91 Å². The van der Waals surface area contributed by atoms with Crippen molar-refractivity contribution in [3.8, 4) is 5.69 Å². The number of nitrogens with two attached hydrogens (primary N) is 1. The molecule has 3 N–H and O–H groups in total. The van der Waals surface area contributed by atoms with Gasteiger partial charge in [-0.15, -0.1) is 24.8 Å². The van der Waals surface area contributed by atoms with Crippen LogP contribution in [-0.2, 0) is 11.3 Å². The Morgan fingerprint density at radius 3 is 2.54 bits per heavy atom. The van der Waals surface area contributed by atoms with E-state index in [0.29, 0.717) is 11.3 Å². The molecule has 0 aliphatic heterocycles. The normalized spacial score (nSPS) is 11.9. The Morgan fingerprint density at radius 2 is 2.04 bits per heavy atom. The predicted molar refractivity (Wildman–Crippen MR) is 97.3 cm³/mol. The van der Waals surface area contributed by atoms with Gasteiger partial charge < -0.3 is 15.6 Å². The van der Waals surface area contributed by atoms with E-state index in [1.807, 2.05) is 20.8 Å². The molecule has 5 nitrogen and oxygen atoms in total. The molecule has 1 amide bonds. The van der Waals surface area contributed by atoms with Gasteiger partial charge >= 0.3 is 0 Å². The van der Waals surface area contributed by atoms with Crippen molar-refractivity contribution in [1.82, 2.24) is 14.9 Å². The number of nitrogens with zero attached hydrogens (tertiary/aromatic N) is 2. The van der Waals surface area contributed by atoms with Crippen LogP contribution in [0.5, 0.6) is 0 Å². The van der Waals surface area contributed by atoms with Crippen molar-refractivity contribution in [2.24, 2.45) is 11.1 Å². The molecule has 0 aliphatic rings. The summed E-state index contributed by atoms with van der Waals surface area (Å²) in [5.41, 5.74) is 6.65. The predicted octanol–water partition coefficient (Wildman–Crippen LogP) is 2.84. The number of aromatic nitrogens is 2. The Bertz CT molecular complexity index is 657. The zero-order chi connectivity index (χ0) is 16.3. The van der Waals surface area contributed by atoms with Gasteiger partial charge in [0, 0.05) is 18.9 Å². The van der Waals surface area contributed by atoms with E-state index in [9.17, 15) is 9.18 Å². The lowest BCUT2D eigenvalue weighted by molar-refractivity contribution is -0.124. The first-order chi connectivity index (χ1) is 10.3. The van der Waals surface area contributed by atoms with Crippen LogP contribution in [0.25, 0.3) is 5.69 Å². The Kier molecular flexibility index (Phi) is 8.40. The molecule has 0 bridgehead atoms. The Hall–Kier alpha value is -1.63. The van der Waals surface area contributed by atoms with Crippen LogP contribution >= 0.6 is 24.8 Å². The molecule has 0 fully saturated rings. The highest BCUT2D eigenvalue weighted by Crippen LogP contribution is 2.18. The molecule has 134 valence electrons. The molecule has 1 atom stereocenters. The van der Waals surface area contributed by atoms with Crippen LogP contribution in [0.15, 0.2) is 36.9 Å². The van der Waals surface area contributed by atoms with Crippen LogP contribution < -0.4 is 11.1 Å². The molecular weight excluding hydrogens is 354 g/mol. The minimum Gasteiger partial charge on any atom is -0.351 e. The molecule has 0 saturated heterocycles. The Labute approximate surface area is 153 Å². The molecule has 24 heavy (non-hydrogen) atoms. The molecule has 1 aromatic heterocycles. The monoisotopic (exact) mass is 376 g/mol. The summed E-state index contributed by atoms with van der Waals surface area (Å²) in [5, 5.41) is 2.74. The van der Waals surface area contributed by atoms with E-state index in [2.05, 4.69) is 10.3 Å². The average molecular weight is 377 g/mol. The number of nitrogens with one attached hydrogen (secondary N) is 1. The first kappa shape index (κ1) is 22.4. The maximum absolute atomic E-state index is 14.1. The third kappa shape index (κ3) is 5.47. The minimum atomic E-state index is -0.609. The molecule has 2 aromatic rings. The zero-order valence-corrected chi connectivity index (χ0v) is 15.5. The molecule has 0 radical (unpaired) electrons. The van der Waals surface area contributed by atoms with Crippen molar-refractivity contribution < 1.29 is 9.18 Å². The number of rotatable bonds is 4. The lowest BCUT2D eigenvalue weighted by Crippen LogP contribution is -2.48. The van der Waals surface area contributed by atoms with Gasteiger partial charge in [-0.1, -0.05) is 26.8 Å². The first-order valence-corrected chi connectivity index (χ1v) is 7.09. The zero-order valence-electron chi connectivity index (χ0n) is 13.8. The third-order valence-electron chi connectivity index (χ3n) is 3.48. The van der Waals surface area contributed by atoms with E-state index >= 15 is 0 Å². The van der Waals surface area contributed by atoms with Crippen molar-refractivity contribution in [1.29, 1.82) is 0 Å². The topological polar surface area (TPSA) is 72.9 Å². The smallest absolute Gasteiger partial charge is 0.237 e. The average Bonchev–Trinajstić information content (AvgIpc) is 2.97. The second-order valence-electron chi connectivity index (χ2n) is 6.32. The molecular formula is C16H23Cl2FN4O. The van der Waals surface area contributed by atoms with Crippen LogP contribution in [0, 0.1) is 11.2 Å². The SMILES string of the molecule is CC(C)(C)[C@H](N)C(=O)NCc1ccc(-n2ccnc2)c(F)c1.Cl.Cl. The van der Waals surface area contributed by atoms with Gasteiger partial charge in [0.05, 0.1) is 18.1 Å². The maximum Gasteiger partial charge on any atom is 0.237 e. The number of halogens is 3. The molecule has 0 aliphatic carbocycles. The molecule has 2 rings (SSSR count). The highest BCUT2D eigenvalue weighted by Gasteiger charge is 2.27. The van der Waals surface area contributed by atoms with Crippen LogP contribution in [0.2, 0.25) is 0 Å². The van der Waals surface area contributed by atoms with E-state index in [0.717, 1.165) is 0 Å². The lowest BCUT2D eigenvalue weighted by atomic mass is 9.87. The largest absolute Gasteiger partial charge is 0.351 e. The van der Waals surface area contributed by atoms with Gasteiger partial charge in [-0.3, -0.25) is 4.79 Å². The van der Waals surface area contributed by atoms with E-state index in [1.54, 1.807) is 29.1 Å². The Morgan fingerprint density at radius 1 is 1.38 bits per heavy atom. The number of imidazole rings is 1. The summed E-state index contributed by atoms with van der Waals surface area (Å²) >= 11 is 0. The van der Waals surface area contributed by atoms with Crippen LogP contribution in [-0.4, -0.2) is 21.5 Å². The molecule has 0 saturated carbocycles. The number of carbonyl (C=O) groups excluding carboxylic acids is 1. The summed E-state index contributed by atoms with van der Waals surface area (Å²) in [7, 11) is 0. The molecule has 0 unspecified atom stereocenters. The van der Waals surface area contributed by atoms with E-state index < -0.39 is 6.04 Å². The van der Waals surface area contributed by atoms with Gasteiger partial charge in [0.25, 0.3) is 0 Å². The number of carbonyl (C=O) groups is 1. The van der Waals surface area contributed by atoms with Gasteiger partial charge in [-0.25, -0.2) is 9.37 Å². The van der Waals surface area contributed by atoms with Gasteiger partial charge in [0.15, 0.2) is 0 Å². The van der Waals surface area contributed by atoms with Gasteiger partial charge in [0.1, 0.15) is 5.82 Å². The fourth-order valence-corrected chi connectivity index (χ4v) is 1.96. The highest BCUT2D eigenvalue weighted by atomic mass is 35.5. The summed E-state index contributed by atoms with van der Waals surface area (Å²) in [6.45, 7) is 5.94. The molecule has 1 heterocycles. The number of benzene rings is 1. The second-order valence-corrected chi connectivity index (χ2v) is 6.32. The van der Waals surface area contributed by atoms with Crippen molar-refractivity contribution in [3.63, 3.8) is 0 Å². The number of hydrogen-bond acceptors (Lipinski definition) is 3. The van der Waals surface area contributed by atoms with E-state index in [-0.39, 0.29) is 48.5 Å². The summed E-state index contributed by atoms with van der Waals surface area (Å²) in [5.74, 6) is -0.614. The first-order valence-electron chi connectivity index (χ1n) is 7.09. The standard InChI is InChI=1S/C16H21FN4O.2ClH/c1-16(2,3)14(18)15(22)20-9-11-4-5-13(12(17)8-11)21-7-6-19-10-21;;/h4-8,10,14H,9,18H2,1-3H3,(H,20,22);2*1H/t14-;;/m1../s1. The maximum atomic E-state index is 14.1. The fraction of sp³-hybridized carbons (Fsp3) is 0.375. The lowest BCUT2D eigenvalue weighted by Gasteiger charge is -2.25. The van der Waals surface area contributed by atoms with Crippen molar-refractivity contribution in [2.75, 3.05) is 0 Å². The minimum absolute atomic E-state index is 0. The van der Waals surface area contributed by atoms with Crippen molar-refractivity contribution in [2.45, 2.75) is 33.4 Å². The molecule has 8 heteroatoms. The quantitative estimate of drug-likeness (QED) is 0.861. The summed E-state index contributed by atoms with van der Waals surface area (Å²) in [4.78, 5) is 15.8. The third-order valence-corrected chi connectivity index (χ3v) is 3.48. The van der Waals surface area contributed by atoms with Crippen LogP contribution in [0.1, 0.15) is 26.3 Å². The summed E-state index contributed by atoms with van der Waals surface area (Å²) < 4.78 is 15.7. The summed E-state index contributed by atoms with van der Waals surface area (Å²) in [6.07, 6.45) is 4.78. The fourth-order valence-electron chi connectivity index (χ4n) is 1.96.